The van der Waals surface area contributed by atoms with Crippen molar-refractivity contribution in [1.82, 2.24) is 0 Å². The Hall–Kier alpha value is 0.946. The molecule has 0 unspecified atom stereocenters. The maximum atomic E-state index is 5.58. The number of rotatable bonds is 1. The molecule has 0 fully saturated rings. The Bertz CT molecular complexity index is 186. The van der Waals surface area contributed by atoms with Gasteiger partial charge in [0.05, 0.1) is 7.11 Å². The number of methoxy groups -OCH3 is 1. The summed E-state index contributed by atoms with van der Waals surface area (Å²) < 4.78 is 4.85. The van der Waals surface area contributed by atoms with Crippen molar-refractivity contribution in [2.45, 2.75) is 0 Å². The van der Waals surface area contributed by atoms with E-state index < -0.39 is 0 Å². The van der Waals surface area contributed by atoms with Gasteiger partial charge in [-0.2, -0.15) is 23.7 Å². The van der Waals surface area contributed by atoms with Crippen LogP contribution in [0.5, 0.6) is 5.75 Å². The Morgan fingerprint density at radius 3 is 2.45 bits per heavy atom. The van der Waals surface area contributed by atoms with Crippen LogP contribution in [-0.4, -0.2) is 7.11 Å². The van der Waals surface area contributed by atoms with Gasteiger partial charge in [-0.1, -0.05) is 5.02 Å². The number of hydrogen-bond acceptors (Lipinski definition) is 1. The van der Waals surface area contributed by atoms with E-state index in [1.54, 1.807) is 25.3 Å². The average molecular weight is 196 g/mol. The molecular weight excluding hydrogens is 187 g/mol. The Labute approximate surface area is 116 Å². The summed E-state index contributed by atoms with van der Waals surface area (Å²) >= 11 is 5.58. The van der Waals surface area contributed by atoms with Gasteiger partial charge in [-0.15, -0.1) is 12.1 Å². The van der Waals surface area contributed by atoms with Crippen LogP contribution >= 0.6 is 11.6 Å². The molecule has 1 nitrogen and oxygen atoms in total. The molecule has 0 aliphatic heterocycles. The molecule has 0 radical (unpaired) electrons. The normalized spacial score (nSPS) is 7.45. The first-order valence-electron chi connectivity index (χ1n) is 2.54. The summed E-state index contributed by atoms with van der Waals surface area (Å²) in [6.07, 6.45) is 0. The zero-order chi connectivity index (χ0) is 6.69. The van der Waals surface area contributed by atoms with Crippen molar-refractivity contribution < 1.29 is 56.1 Å². The van der Waals surface area contributed by atoms with Crippen LogP contribution in [0.4, 0.5) is 0 Å². The number of ether oxygens (including phenoxy) is 1. The summed E-state index contributed by atoms with van der Waals surface area (Å²) in [5.41, 5.74) is 0. The molecule has 0 aliphatic carbocycles. The van der Waals surface area contributed by atoms with Gasteiger partial charge >= 0.3 is 51.4 Å². The number of halogens is 1. The molecule has 56 valence electrons. The minimum absolute atomic E-state index is 0. The van der Waals surface area contributed by atoms with Crippen molar-refractivity contribution in [1.29, 1.82) is 0 Å². The van der Waals surface area contributed by atoms with E-state index in [-0.39, 0.29) is 58.8 Å². The van der Waals surface area contributed by atoms with Crippen molar-refractivity contribution in [3.8, 4) is 5.75 Å². The Kier molecular flexibility index (Phi) is 9.98. The third-order valence-corrected chi connectivity index (χ3v) is 1.20. The maximum absolute atomic E-state index is 5.58. The molecule has 0 saturated heterocycles. The maximum Gasteiger partial charge on any atom is 1.00 e. The summed E-state index contributed by atoms with van der Waals surface area (Å²) in [6.45, 7) is 0. The molecule has 11 heavy (non-hydrogen) atoms. The van der Waals surface area contributed by atoms with E-state index in [4.69, 9.17) is 16.3 Å². The molecule has 0 saturated carbocycles. The Morgan fingerprint density at radius 1 is 1.45 bits per heavy atom. The number of hydrogen-bond donors (Lipinski definition) is 0. The van der Waals surface area contributed by atoms with Gasteiger partial charge < -0.3 is 12.2 Å². The van der Waals surface area contributed by atoms with Crippen molar-refractivity contribution >= 4 is 11.6 Å². The van der Waals surface area contributed by atoms with Crippen LogP contribution < -0.4 is 56.1 Å². The van der Waals surface area contributed by atoms with Gasteiger partial charge in [-0.05, 0) is 0 Å². The molecule has 1 aromatic carbocycles. The van der Waals surface area contributed by atoms with E-state index in [2.05, 4.69) is 6.07 Å². The number of benzene rings is 1. The summed E-state index contributed by atoms with van der Waals surface area (Å²) in [7, 11) is 1.60. The molecule has 0 spiro atoms. The molecule has 3 heteroatoms. The summed E-state index contributed by atoms with van der Waals surface area (Å²) in [5.74, 6) is 0.708. The molecule has 0 atom stereocenters. The second-order valence-electron chi connectivity index (χ2n) is 1.58. The zero-order valence-corrected chi connectivity index (χ0v) is 10.9. The predicted octanol–water partition coefficient (Wildman–Crippen LogP) is -0.397. The SMILES string of the molecule is COc1[c-]cc(Cl)cc1.[CH3-].[K+]. The standard InChI is InChI=1S/C7H6ClO.CH3.K/c1-9-7-4-2-6(8)3-5-7;;/h2-4H,1H3;1H3;/q2*-1;+1. The monoisotopic (exact) mass is 195 g/mol. The van der Waals surface area contributed by atoms with Crippen LogP contribution in [0.25, 0.3) is 0 Å². The fraction of sp³-hybridized carbons (Fsp3) is 0.125. The quantitative estimate of drug-likeness (QED) is 0.438. The van der Waals surface area contributed by atoms with E-state index in [1.165, 1.54) is 0 Å². The van der Waals surface area contributed by atoms with E-state index in [0.29, 0.717) is 10.8 Å². The third-order valence-electron chi connectivity index (χ3n) is 0.966. The van der Waals surface area contributed by atoms with E-state index in [1.807, 2.05) is 0 Å². The van der Waals surface area contributed by atoms with Crippen LogP contribution in [0.1, 0.15) is 0 Å². The van der Waals surface area contributed by atoms with Gasteiger partial charge in [0.2, 0.25) is 0 Å². The predicted molar refractivity (Wildman–Crippen MR) is 43.3 cm³/mol. The summed E-state index contributed by atoms with van der Waals surface area (Å²) in [4.78, 5) is 0. The summed E-state index contributed by atoms with van der Waals surface area (Å²) in [6, 6.07) is 8.03. The molecule has 1 aromatic rings. The molecular formula is C8H9ClKO-. The topological polar surface area (TPSA) is 9.23 Å². The van der Waals surface area contributed by atoms with Crippen LogP contribution in [-0.2, 0) is 0 Å². The van der Waals surface area contributed by atoms with Crippen LogP contribution in [0.3, 0.4) is 0 Å². The third kappa shape index (κ3) is 5.23. The molecule has 0 aliphatic rings. The fourth-order valence-corrected chi connectivity index (χ4v) is 0.636. The molecule has 0 N–H and O–H groups in total. The van der Waals surface area contributed by atoms with E-state index >= 15 is 0 Å². The van der Waals surface area contributed by atoms with E-state index in [0.717, 1.165) is 0 Å². The smallest absolute Gasteiger partial charge is 0.523 e. The fourth-order valence-electron chi connectivity index (χ4n) is 0.519. The van der Waals surface area contributed by atoms with Gasteiger partial charge in [0, 0.05) is 5.75 Å². The first-order chi connectivity index (χ1) is 4.33. The molecule has 0 amide bonds. The molecule has 0 bridgehead atoms. The molecule has 0 aromatic heterocycles. The Morgan fingerprint density at radius 2 is 2.09 bits per heavy atom. The Balaban J connectivity index is 0. The van der Waals surface area contributed by atoms with Gasteiger partial charge in [0.25, 0.3) is 0 Å². The van der Waals surface area contributed by atoms with Crippen LogP contribution in [0.2, 0.25) is 5.02 Å². The van der Waals surface area contributed by atoms with Crippen molar-refractivity contribution in [3.63, 3.8) is 0 Å². The van der Waals surface area contributed by atoms with Gasteiger partial charge in [-0.3, -0.25) is 0 Å². The van der Waals surface area contributed by atoms with Crippen molar-refractivity contribution in [3.05, 3.63) is 36.7 Å². The largest absolute Gasteiger partial charge is 1.00 e. The minimum Gasteiger partial charge on any atom is -0.523 e. The van der Waals surface area contributed by atoms with Crippen LogP contribution in [0.15, 0.2) is 18.2 Å². The van der Waals surface area contributed by atoms with Gasteiger partial charge in [-0.25, -0.2) is 0 Å². The van der Waals surface area contributed by atoms with Crippen LogP contribution in [0, 0.1) is 13.5 Å². The first kappa shape index (κ1) is 14.5. The minimum atomic E-state index is 0. The van der Waals surface area contributed by atoms with Crippen molar-refractivity contribution in [2.75, 3.05) is 7.11 Å². The zero-order valence-electron chi connectivity index (χ0n) is 7.02. The first-order valence-corrected chi connectivity index (χ1v) is 2.92. The van der Waals surface area contributed by atoms with Gasteiger partial charge in [0.1, 0.15) is 0 Å². The molecule has 1 rings (SSSR count). The van der Waals surface area contributed by atoms with E-state index in [9.17, 15) is 0 Å². The second-order valence-corrected chi connectivity index (χ2v) is 2.01. The summed E-state index contributed by atoms with van der Waals surface area (Å²) in [5, 5.41) is 0.677. The average Bonchev–Trinajstić information content (AvgIpc) is 1.90. The van der Waals surface area contributed by atoms with Gasteiger partial charge in [0.15, 0.2) is 0 Å². The van der Waals surface area contributed by atoms with Crippen molar-refractivity contribution in [2.24, 2.45) is 0 Å². The second kappa shape index (κ2) is 7.59. The molecule has 0 heterocycles.